The Kier molecular flexibility index (Phi) is 6.21. The Morgan fingerprint density at radius 2 is 1.78 bits per heavy atom. The normalized spacial score (nSPS) is 13.8. The van der Waals surface area contributed by atoms with E-state index in [1.165, 1.54) is 24.3 Å². The monoisotopic (exact) mass is 590 g/mol. The van der Waals surface area contributed by atoms with Crippen LogP contribution >= 0.6 is 11.3 Å². The molecule has 0 bridgehead atoms. The number of hydrogen-bond acceptors (Lipinski definition) is 6. The van der Waals surface area contributed by atoms with Gasteiger partial charge in [-0.25, -0.2) is 27.7 Å². The van der Waals surface area contributed by atoms with Gasteiger partial charge in [0.2, 0.25) is 0 Å². The number of fused-ring (bicyclic) bond motifs is 2. The van der Waals surface area contributed by atoms with Crippen molar-refractivity contribution in [2.75, 3.05) is 5.32 Å². The molecule has 0 spiro atoms. The number of hydrogen-bond donors (Lipinski definition) is 2. The van der Waals surface area contributed by atoms with Gasteiger partial charge in [-0.3, -0.25) is 9.59 Å². The average Bonchev–Trinajstić information content (AvgIpc) is 3.57. The van der Waals surface area contributed by atoms with Crippen LogP contribution < -0.4 is 11.1 Å². The van der Waals surface area contributed by atoms with Gasteiger partial charge < -0.3 is 11.1 Å². The molecule has 210 valence electrons. The van der Waals surface area contributed by atoms with Gasteiger partial charge in [-0.15, -0.1) is 11.3 Å². The molecule has 2 amide bonds. The topological polar surface area (TPSA) is 115 Å². The number of primary amides is 1. The van der Waals surface area contributed by atoms with Crippen LogP contribution in [0.25, 0.3) is 27.0 Å². The standard InChI is InChI=1S/C26H16F6N6O2S/c27-12-5-3-10(4-6-12)13-7-17(26(30,31)32)35-25-19(13)20(21(41-25)23(33)39)36-24(40)15-9-18-34-14(11-1-2-11)8-16(22(28)29)38(18)37-15/h3-9,11,22H,1-2H2,(H2,33,39)(H,36,40). The summed E-state index contributed by atoms with van der Waals surface area (Å²) in [6.07, 6.45) is -6.18. The van der Waals surface area contributed by atoms with Gasteiger partial charge in [0, 0.05) is 23.1 Å². The van der Waals surface area contributed by atoms with Crippen molar-refractivity contribution in [1.29, 1.82) is 0 Å². The number of pyridine rings is 1. The highest BCUT2D eigenvalue weighted by molar-refractivity contribution is 7.21. The van der Waals surface area contributed by atoms with E-state index in [0.29, 0.717) is 23.1 Å². The number of amides is 2. The maximum atomic E-state index is 13.8. The number of nitrogens with one attached hydrogen (secondary N) is 1. The summed E-state index contributed by atoms with van der Waals surface area (Å²) in [6, 6.07) is 7.67. The van der Waals surface area contributed by atoms with E-state index in [2.05, 4.69) is 20.4 Å². The number of nitrogens with two attached hydrogens (primary N) is 1. The number of benzene rings is 1. The van der Waals surface area contributed by atoms with Crippen molar-refractivity contribution in [3.8, 4) is 11.1 Å². The van der Waals surface area contributed by atoms with Gasteiger partial charge in [0.05, 0.1) is 5.69 Å². The van der Waals surface area contributed by atoms with Crippen molar-refractivity contribution >= 4 is 44.7 Å². The molecule has 5 aromatic rings. The van der Waals surface area contributed by atoms with Gasteiger partial charge >= 0.3 is 6.18 Å². The summed E-state index contributed by atoms with van der Waals surface area (Å²) < 4.78 is 83.1. The van der Waals surface area contributed by atoms with Crippen LogP contribution in [0.15, 0.2) is 42.5 Å². The van der Waals surface area contributed by atoms with Gasteiger partial charge in [0.25, 0.3) is 18.2 Å². The first kappa shape index (κ1) is 26.7. The molecule has 1 aromatic carbocycles. The maximum Gasteiger partial charge on any atom is 0.433 e. The molecule has 4 aromatic heterocycles. The van der Waals surface area contributed by atoms with Crippen LogP contribution in [0.5, 0.6) is 0 Å². The molecule has 4 heterocycles. The molecule has 0 aliphatic heterocycles. The molecule has 41 heavy (non-hydrogen) atoms. The van der Waals surface area contributed by atoms with Gasteiger partial charge in [0.15, 0.2) is 11.3 Å². The molecule has 0 radical (unpaired) electrons. The van der Waals surface area contributed by atoms with E-state index in [1.54, 1.807) is 0 Å². The van der Waals surface area contributed by atoms with Crippen molar-refractivity contribution in [3.63, 3.8) is 0 Å². The van der Waals surface area contributed by atoms with E-state index < -0.39 is 41.6 Å². The van der Waals surface area contributed by atoms with E-state index in [0.717, 1.165) is 29.5 Å². The summed E-state index contributed by atoms with van der Waals surface area (Å²) in [4.78, 5) is 33.0. The minimum absolute atomic E-state index is 0.00337. The number of alkyl halides is 5. The second-order valence-corrected chi connectivity index (χ2v) is 10.3. The lowest BCUT2D eigenvalue weighted by atomic mass is 10.0. The summed E-state index contributed by atoms with van der Waals surface area (Å²) in [7, 11) is 0. The molecule has 1 saturated carbocycles. The minimum Gasteiger partial charge on any atom is -0.365 e. The fourth-order valence-corrected chi connectivity index (χ4v) is 5.45. The summed E-state index contributed by atoms with van der Waals surface area (Å²) >= 11 is 0.523. The van der Waals surface area contributed by atoms with Crippen molar-refractivity contribution in [1.82, 2.24) is 19.6 Å². The lowest BCUT2D eigenvalue weighted by Crippen LogP contribution is -2.17. The van der Waals surface area contributed by atoms with Crippen LogP contribution in [0.4, 0.5) is 32.0 Å². The molecule has 6 rings (SSSR count). The molecule has 1 aliphatic rings. The Balaban J connectivity index is 1.50. The third kappa shape index (κ3) is 4.85. The summed E-state index contributed by atoms with van der Waals surface area (Å²) in [6.45, 7) is 0. The number of carbonyl (C=O) groups excluding carboxylic acids is 2. The van der Waals surface area contributed by atoms with Crippen molar-refractivity contribution in [2.45, 2.75) is 31.4 Å². The lowest BCUT2D eigenvalue weighted by molar-refractivity contribution is -0.140. The third-order valence-electron chi connectivity index (χ3n) is 6.50. The first-order valence-corrected chi connectivity index (χ1v) is 12.8. The molecule has 1 aliphatic carbocycles. The molecule has 15 heteroatoms. The smallest absolute Gasteiger partial charge is 0.365 e. The summed E-state index contributed by atoms with van der Waals surface area (Å²) in [5, 5.41) is 6.37. The van der Waals surface area contributed by atoms with Crippen LogP contribution in [-0.2, 0) is 6.18 Å². The average molecular weight is 591 g/mol. The number of carbonyl (C=O) groups is 2. The number of rotatable bonds is 6. The maximum absolute atomic E-state index is 13.8. The Labute approximate surface area is 229 Å². The van der Waals surface area contributed by atoms with Crippen molar-refractivity contribution in [3.05, 3.63) is 75.9 Å². The van der Waals surface area contributed by atoms with Crippen molar-refractivity contribution < 1.29 is 35.9 Å². The van der Waals surface area contributed by atoms with Gasteiger partial charge in [-0.1, -0.05) is 12.1 Å². The van der Waals surface area contributed by atoms with E-state index in [1.807, 2.05) is 0 Å². The van der Waals surface area contributed by atoms with E-state index in [9.17, 15) is 35.9 Å². The highest BCUT2D eigenvalue weighted by Gasteiger charge is 2.35. The highest BCUT2D eigenvalue weighted by atomic mass is 32.1. The Morgan fingerprint density at radius 3 is 2.39 bits per heavy atom. The predicted molar refractivity (Wildman–Crippen MR) is 136 cm³/mol. The SMILES string of the molecule is NC(=O)c1sc2nc(C(F)(F)F)cc(-c3ccc(F)cc3)c2c1NC(=O)c1cc2nc(C3CC3)cc(C(F)F)n2n1. The predicted octanol–water partition coefficient (Wildman–Crippen LogP) is 6.33. The highest BCUT2D eigenvalue weighted by Crippen LogP contribution is 2.44. The van der Waals surface area contributed by atoms with Crippen LogP contribution in [0, 0.1) is 5.82 Å². The van der Waals surface area contributed by atoms with E-state index in [4.69, 9.17) is 5.73 Å². The molecule has 0 unspecified atom stereocenters. The number of aromatic nitrogens is 4. The number of nitrogens with zero attached hydrogens (tertiary/aromatic N) is 4. The Morgan fingerprint density at radius 1 is 1.07 bits per heavy atom. The molecule has 0 saturated heterocycles. The van der Waals surface area contributed by atoms with E-state index in [-0.39, 0.29) is 49.2 Å². The van der Waals surface area contributed by atoms with Crippen LogP contribution in [-0.4, -0.2) is 31.4 Å². The first-order chi connectivity index (χ1) is 19.4. The number of anilines is 1. The zero-order valence-electron chi connectivity index (χ0n) is 20.5. The quantitative estimate of drug-likeness (QED) is 0.224. The lowest BCUT2D eigenvalue weighted by Gasteiger charge is -2.12. The fourth-order valence-electron chi connectivity index (χ4n) is 4.44. The summed E-state index contributed by atoms with van der Waals surface area (Å²) in [5.41, 5.74) is 3.66. The van der Waals surface area contributed by atoms with E-state index >= 15 is 0 Å². The van der Waals surface area contributed by atoms with Gasteiger partial charge in [-0.05, 0) is 48.2 Å². The Bertz CT molecular complexity index is 1860. The molecule has 8 nitrogen and oxygen atoms in total. The van der Waals surface area contributed by atoms with Crippen LogP contribution in [0.1, 0.15) is 62.4 Å². The molecule has 0 atom stereocenters. The largest absolute Gasteiger partial charge is 0.433 e. The van der Waals surface area contributed by atoms with Crippen molar-refractivity contribution in [2.24, 2.45) is 5.73 Å². The number of thiophene rings is 1. The zero-order chi connectivity index (χ0) is 29.2. The molecule has 3 N–H and O–H groups in total. The zero-order valence-corrected chi connectivity index (χ0v) is 21.3. The third-order valence-corrected chi connectivity index (χ3v) is 7.59. The van der Waals surface area contributed by atoms with Gasteiger partial charge in [0.1, 0.15) is 26.9 Å². The second-order valence-electron chi connectivity index (χ2n) is 9.34. The number of halogens is 6. The first-order valence-electron chi connectivity index (χ1n) is 12.0. The van der Waals surface area contributed by atoms with Crippen LogP contribution in [0.2, 0.25) is 0 Å². The fraction of sp³-hybridized carbons (Fsp3) is 0.192. The molecule has 1 fully saturated rings. The second kappa shape index (κ2) is 9.54. The van der Waals surface area contributed by atoms with Crippen LogP contribution in [0.3, 0.4) is 0 Å². The minimum atomic E-state index is -4.87. The van der Waals surface area contributed by atoms with Gasteiger partial charge in [-0.2, -0.15) is 18.3 Å². The molecular formula is C26H16F6N6O2S. The Hall–Kier alpha value is -4.53. The summed E-state index contributed by atoms with van der Waals surface area (Å²) in [5.74, 6) is -2.62. The molecular weight excluding hydrogens is 574 g/mol.